The molecule has 0 saturated carbocycles. The monoisotopic (exact) mass is 277 g/mol. The van der Waals surface area contributed by atoms with Gasteiger partial charge in [0, 0.05) is 23.0 Å². The molecule has 0 atom stereocenters. The summed E-state index contributed by atoms with van der Waals surface area (Å²) in [5, 5.41) is 5.48. The Labute approximate surface area is 118 Å². The van der Waals surface area contributed by atoms with E-state index in [-0.39, 0.29) is 5.82 Å². The Balaban J connectivity index is 2.13. The van der Waals surface area contributed by atoms with Gasteiger partial charge in [-0.25, -0.2) is 4.39 Å². The second-order valence-electron chi connectivity index (χ2n) is 4.69. The Morgan fingerprint density at radius 3 is 2.63 bits per heavy atom. The Kier molecular flexibility index (Phi) is 5.11. The third kappa shape index (κ3) is 3.64. The summed E-state index contributed by atoms with van der Waals surface area (Å²) in [6.07, 6.45) is 2.24. The lowest BCUT2D eigenvalue weighted by molar-refractivity contribution is 0.484. The fraction of sp³-hybridized carbons (Fsp3) is 0.375. The average molecular weight is 277 g/mol. The molecule has 1 aromatic heterocycles. The minimum atomic E-state index is -0.145. The molecule has 2 rings (SSSR count). The molecular formula is C16H20FNS. The van der Waals surface area contributed by atoms with Gasteiger partial charge in [-0.05, 0) is 42.0 Å². The van der Waals surface area contributed by atoms with Gasteiger partial charge in [-0.2, -0.15) is 0 Å². The van der Waals surface area contributed by atoms with Crippen molar-refractivity contribution < 1.29 is 4.39 Å². The summed E-state index contributed by atoms with van der Waals surface area (Å²) in [5.41, 5.74) is 1.84. The van der Waals surface area contributed by atoms with Crippen LogP contribution in [0, 0.1) is 5.82 Å². The van der Waals surface area contributed by atoms with Crippen LogP contribution in [0.15, 0.2) is 35.7 Å². The van der Waals surface area contributed by atoms with Crippen LogP contribution in [-0.2, 0) is 6.54 Å². The Hall–Kier alpha value is -1.19. The molecule has 0 bridgehead atoms. The summed E-state index contributed by atoms with van der Waals surface area (Å²) in [6, 6.07) is 9.84. The molecule has 1 N–H and O–H groups in total. The van der Waals surface area contributed by atoms with Crippen LogP contribution in [0.3, 0.4) is 0 Å². The van der Waals surface area contributed by atoms with E-state index < -0.39 is 0 Å². The molecule has 0 amide bonds. The maximum atomic E-state index is 13.9. The highest BCUT2D eigenvalue weighted by Gasteiger charge is 2.08. The Morgan fingerprint density at radius 2 is 2.00 bits per heavy atom. The van der Waals surface area contributed by atoms with Crippen molar-refractivity contribution in [2.45, 2.75) is 39.3 Å². The molecule has 0 spiro atoms. The Morgan fingerprint density at radius 1 is 1.21 bits per heavy atom. The van der Waals surface area contributed by atoms with Gasteiger partial charge in [0.25, 0.3) is 0 Å². The summed E-state index contributed by atoms with van der Waals surface area (Å²) < 4.78 is 13.9. The van der Waals surface area contributed by atoms with E-state index in [1.165, 1.54) is 0 Å². The molecule has 0 saturated heterocycles. The van der Waals surface area contributed by atoms with Crippen LogP contribution in [0.2, 0.25) is 0 Å². The third-order valence-corrected chi connectivity index (χ3v) is 4.30. The molecular weight excluding hydrogens is 257 g/mol. The lowest BCUT2D eigenvalue weighted by Crippen LogP contribution is -2.26. The van der Waals surface area contributed by atoms with E-state index in [1.807, 2.05) is 29.6 Å². The number of thiophene rings is 1. The van der Waals surface area contributed by atoms with Gasteiger partial charge in [-0.1, -0.05) is 26.0 Å². The normalized spacial score (nSPS) is 11.2. The van der Waals surface area contributed by atoms with Crippen molar-refractivity contribution in [1.29, 1.82) is 0 Å². The van der Waals surface area contributed by atoms with Gasteiger partial charge in [-0.15, -0.1) is 11.3 Å². The number of halogens is 1. The average Bonchev–Trinajstić information content (AvgIpc) is 2.95. The van der Waals surface area contributed by atoms with Gasteiger partial charge >= 0.3 is 0 Å². The smallest absolute Gasteiger partial charge is 0.131 e. The van der Waals surface area contributed by atoms with Crippen molar-refractivity contribution in [3.05, 3.63) is 47.1 Å². The highest BCUT2D eigenvalue weighted by atomic mass is 32.1. The van der Waals surface area contributed by atoms with Gasteiger partial charge in [0.2, 0.25) is 0 Å². The second-order valence-corrected chi connectivity index (χ2v) is 5.63. The Bertz CT molecular complexity index is 503. The van der Waals surface area contributed by atoms with E-state index in [0.29, 0.717) is 11.6 Å². The first-order valence-electron chi connectivity index (χ1n) is 6.80. The number of hydrogen-bond donors (Lipinski definition) is 1. The number of nitrogens with one attached hydrogen (secondary N) is 1. The molecule has 102 valence electrons. The molecule has 1 heterocycles. The zero-order valence-electron chi connectivity index (χ0n) is 11.4. The van der Waals surface area contributed by atoms with Gasteiger partial charge in [0.1, 0.15) is 5.82 Å². The van der Waals surface area contributed by atoms with E-state index >= 15 is 0 Å². The first-order chi connectivity index (χ1) is 9.24. The van der Waals surface area contributed by atoms with Gasteiger partial charge in [-0.3, -0.25) is 0 Å². The van der Waals surface area contributed by atoms with Crippen LogP contribution in [0.1, 0.15) is 32.3 Å². The zero-order valence-corrected chi connectivity index (χ0v) is 12.3. The minimum Gasteiger partial charge on any atom is -0.310 e. The lowest BCUT2D eigenvalue weighted by Gasteiger charge is -2.15. The quantitative estimate of drug-likeness (QED) is 0.797. The number of hydrogen-bond acceptors (Lipinski definition) is 2. The van der Waals surface area contributed by atoms with Crippen molar-refractivity contribution in [3.63, 3.8) is 0 Å². The highest BCUT2D eigenvalue weighted by molar-refractivity contribution is 7.13. The second kappa shape index (κ2) is 6.83. The predicted molar refractivity (Wildman–Crippen MR) is 80.9 cm³/mol. The SMILES string of the molecule is CCC(CC)NCc1ccc(F)c(-c2cccs2)c1. The van der Waals surface area contributed by atoms with Crippen LogP contribution in [0.4, 0.5) is 4.39 Å². The highest BCUT2D eigenvalue weighted by Crippen LogP contribution is 2.28. The number of benzene rings is 1. The summed E-state index contributed by atoms with van der Waals surface area (Å²) in [7, 11) is 0. The van der Waals surface area contributed by atoms with Crippen LogP contribution in [0.5, 0.6) is 0 Å². The van der Waals surface area contributed by atoms with Crippen LogP contribution in [-0.4, -0.2) is 6.04 Å². The molecule has 0 unspecified atom stereocenters. The van der Waals surface area contributed by atoms with E-state index in [9.17, 15) is 4.39 Å². The predicted octanol–water partition coefficient (Wildman–Crippen LogP) is 4.83. The van der Waals surface area contributed by atoms with Crippen LogP contribution in [0.25, 0.3) is 10.4 Å². The molecule has 0 aliphatic heterocycles. The van der Waals surface area contributed by atoms with Crippen molar-refractivity contribution in [1.82, 2.24) is 5.32 Å². The van der Waals surface area contributed by atoms with E-state index in [2.05, 4.69) is 19.2 Å². The van der Waals surface area contributed by atoms with E-state index in [1.54, 1.807) is 17.4 Å². The molecule has 0 radical (unpaired) electrons. The fourth-order valence-electron chi connectivity index (χ4n) is 2.14. The summed E-state index contributed by atoms with van der Waals surface area (Å²) in [5.74, 6) is -0.145. The maximum absolute atomic E-state index is 13.9. The molecule has 2 aromatic rings. The minimum absolute atomic E-state index is 0.145. The molecule has 0 fully saturated rings. The molecule has 3 heteroatoms. The standard InChI is InChI=1S/C16H20FNS/c1-3-13(4-2)18-11-12-7-8-15(17)14(10-12)16-6-5-9-19-16/h5-10,13,18H,3-4,11H2,1-2H3. The van der Waals surface area contributed by atoms with Crippen molar-refractivity contribution in [3.8, 4) is 10.4 Å². The molecule has 0 aliphatic carbocycles. The van der Waals surface area contributed by atoms with Crippen LogP contribution >= 0.6 is 11.3 Å². The van der Waals surface area contributed by atoms with E-state index in [4.69, 9.17) is 0 Å². The van der Waals surface area contributed by atoms with Gasteiger partial charge in [0.05, 0.1) is 0 Å². The summed E-state index contributed by atoms with van der Waals surface area (Å²) >= 11 is 1.57. The molecule has 1 aromatic carbocycles. The summed E-state index contributed by atoms with van der Waals surface area (Å²) in [6.45, 7) is 5.16. The lowest BCUT2D eigenvalue weighted by atomic mass is 10.1. The zero-order chi connectivity index (χ0) is 13.7. The number of rotatable bonds is 6. The third-order valence-electron chi connectivity index (χ3n) is 3.40. The van der Waals surface area contributed by atoms with Crippen LogP contribution < -0.4 is 5.32 Å². The van der Waals surface area contributed by atoms with E-state index in [0.717, 1.165) is 29.8 Å². The fourth-order valence-corrected chi connectivity index (χ4v) is 2.89. The molecule has 19 heavy (non-hydrogen) atoms. The van der Waals surface area contributed by atoms with Crippen molar-refractivity contribution in [2.75, 3.05) is 0 Å². The molecule has 0 aliphatic rings. The van der Waals surface area contributed by atoms with Gasteiger partial charge < -0.3 is 5.32 Å². The first kappa shape index (κ1) is 14.2. The topological polar surface area (TPSA) is 12.0 Å². The van der Waals surface area contributed by atoms with Crippen molar-refractivity contribution in [2.24, 2.45) is 0 Å². The summed E-state index contributed by atoms with van der Waals surface area (Å²) in [4.78, 5) is 0.988. The molecule has 1 nitrogen and oxygen atoms in total. The maximum Gasteiger partial charge on any atom is 0.131 e. The largest absolute Gasteiger partial charge is 0.310 e. The van der Waals surface area contributed by atoms with Gasteiger partial charge in [0.15, 0.2) is 0 Å². The van der Waals surface area contributed by atoms with Crippen molar-refractivity contribution >= 4 is 11.3 Å². The first-order valence-corrected chi connectivity index (χ1v) is 7.68.